The van der Waals surface area contributed by atoms with E-state index in [9.17, 15) is 14.4 Å². The molecule has 9 nitrogen and oxygen atoms in total. The zero-order valence-corrected chi connectivity index (χ0v) is 28.1. The lowest BCUT2D eigenvalue weighted by atomic mass is 10.1. The number of carbonyl (C=O) groups is 3. The molecule has 0 unspecified atom stereocenters. The van der Waals surface area contributed by atoms with Crippen LogP contribution in [0.3, 0.4) is 0 Å². The van der Waals surface area contributed by atoms with Crippen molar-refractivity contribution in [1.82, 2.24) is 15.5 Å². The van der Waals surface area contributed by atoms with Crippen LogP contribution in [0.15, 0.2) is 54.6 Å². The molecule has 1 atom stereocenters. The van der Waals surface area contributed by atoms with Gasteiger partial charge in [0, 0.05) is 43.3 Å². The molecule has 3 amide bonds. The summed E-state index contributed by atoms with van der Waals surface area (Å²) in [4.78, 5) is 42.0. The van der Waals surface area contributed by atoms with Crippen LogP contribution >= 0.6 is 34.8 Å². The number of piperazine rings is 1. The van der Waals surface area contributed by atoms with Crippen LogP contribution in [0, 0.1) is 6.92 Å². The van der Waals surface area contributed by atoms with E-state index < -0.39 is 6.04 Å². The van der Waals surface area contributed by atoms with Gasteiger partial charge in [-0.1, -0.05) is 46.9 Å². The number of aryl methyl sites for hydroxylation is 1. The van der Waals surface area contributed by atoms with Crippen LogP contribution < -0.4 is 25.0 Å². The first-order valence-electron chi connectivity index (χ1n) is 15.3. The Balaban J connectivity index is 1.24. The Morgan fingerprint density at radius 3 is 2.35 bits per heavy atom. The van der Waals surface area contributed by atoms with E-state index in [1.165, 1.54) is 6.92 Å². The van der Waals surface area contributed by atoms with Crippen molar-refractivity contribution in [3.05, 3.63) is 86.4 Å². The van der Waals surface area contributed by atoms with Crippen molar-refractivity contribution in [1.29, 1.82) is 0 Å². The third-order valence-electron chi connectivity index (χ3n) is 7.84. The predicted octanol–water partition coefficient (Wildman–Crippen LogP) is 5.59. The third-order valence-corrected chi connectivity index (χ3v) is 8.77. The SMILES string of the molecule is CC(=O)NCCc1ccc(Cl)c(CN(C(=O)[C@H]2CNCC(=O)N2c2ccc(OCCOc3c(Cl)cc(C)cc3Cl)cc2)C2CC2)c1. The summed E-state index contributed by atoms with van der Waals surface area (Å²) in [5.74, 6) is 0.604. The van der Waals surface area contributed by atoms with Crippen LogP contribution in [-0.2, 0) is 27.3 Å². The average Bonchev–Trinajstić information content (AvgIpc) is 3.86. The zero-order chi connectivity index (χ0) is 32.8. The van der Waals surface area contributed by atoms with Gasteiger partial charge in [0.05, 0.1) is 16.6 Å². The Morgan fingerprint density at radius 1 is 0.978 bits per heavy atom. The van der Waals surface area contributed by atoms with Crippen LogP contribution in [0.5, 0.6) is 11.5 Å². The Kier molecular flexibility index (Phi) is 11.3. The normalized spacial score (nSPS) is 16.2. The first-order chi connectivity index (χ1) is 22.1. The van der Waals surface area contributed by atoms with E-state index in [1.54, 1.807) is 41.3 Å². The van der Waals surface area contributed by atoms with Crippen LogP contribution in [-0.4, -0.2) is 67.6 Å². The molecule has 0 aromatic heterocycles. The number of rotatable bonds is 13. The van der Waals surface area contributed by atoms with Crippen LogP contribution in [0.4, 0.5) is 5.69 Å². The van der Waals surface area contributed by atoms with Crippen molar-refractivity contribution >= 4 is 58.2 Å². The summed E-state index contributed by atoms with van der Waals surface area (Å²) in [6.45, 7) is 5.19. The van der Waals surface area contributed by atoms with Gasteiger partial charge in [-0.3, -0.25) is 19.3 Å². The first-order valence-corrected chi connectivity index (χ1v) is 16.4. The molecular formula is C34H37Cl3N4O5. The molecule has 1 aliphatic carbocycles. The molecule has 0 radical (unpaired) electrons. The number of nitrogens with one attached hydrogen (secondary N) is 2. The van der Waals surface area contributed by atoms with Crippen molar-refractivity contribution in [2.24, 2.45) is 0 Å². The lowest BCUT2D eigenvalue weighted by Gasteiger charge is -2.38. The van der Waals surface area contributed by atoms with Gasteiger partial charge in [-0.15, -0.1) is 0 Å². The van der Waals surface area contributed by atoms with Crippen LogP contribution in [0.1, 0.15) is 36.5 Å². The molecule has 2 N–H and O–H groups in total. The average molecular weight is 688 g/mol. The molecule has 3 aromatic carbocycles. The van der Waals surface area contributed by atoms with E-state index in [4.69, 9.17) is 44.3 Å². The Labute approximate surface area is 284 Å². The van der Waals surface area contributed by atoms with E-state index in [0.29, 0.717) is 58.3 Å². The van der Waals surface area contributed by atoms with Crippen LogP contribution in [0.25, 0.3) is 0 Å². The number of carbonyl (C=O) groups excluding carboxylic acids is 3. The number of amides is 3. The molecule has 12 heteroatoms. The molecule has 1 heterocycles. The summed E-state index contributed by atoms with van der Waals surface area (Å²) in [7, 11) is 0. The van der Waals surface area contributed by atoms with Gasteiger partial charge in [0.2, 0.25) is 17.7 Å². The van der Waals surface area contributed by atoms with Gasteiger partial charge >= 0.3 is 0 Å². The molecule has 1 saturated carbocycles. The number of hydrogen-bond donors (Lipinski definition) is 2. The fourth-order valence-electron chi connectivity index (χ4n) is 5.45. The molecular weight excluding hydrogens is 651 g/mol. The molecule has 1 aliphatic heterocycles. The van der Waals surface area contributed by atoms with Crippen molar-refractivity contribution in [2.75, 3.05) is 37.7 Å². The summed E-state index contributed by atoms with van der Waals surface area (Å²) in [6.07, 6.45) is 2.45. The molecule has 0 spiro atoms. The van der Waals surface area contributed by atoms with E-state index in [2.05, 4.69) is 10.6 Å². The fraction of sp³-hybridized carbons (Fsp3) is 0.382. The maximum atomic E-state index is 14.1. The topological polar surface area (TPSA) is 100 Å². The Morgan fingerprint density at radius 2 is 1.67 bits per heavy atom. The van der Waals surface area contributed by atoms with Crippen LogP contribution in [0.2, 0.25) is 15.1 Å². The molecule has 2 aliphatic rings. The molecule has 5 rings (SSSR count). The van der Waals surface area contributed by atoms with Gasteiger partial charge < -0.3 is 25.0 Å². The minimum absolute atomic E-state index is 0.0814. The van der Waals surface area contributed by atoms with Crippen molar-refractivity contribution < 1.29 is 23.9 Å². The molecule has 46 heavy (non-hydrogen) atoms. The second-order valence-corrected chi connectivity index (χ2v) is 12.7. The molecule has 2 fully saturated rings. The molecule has 1 saturated heterocycles. The van der Waals surface area contributed by atoms with E-state index in [0.717, 1.165) is 29.5 Å². The van der Waals surface area contributed by atoms with E-state index >= 15 is 0 Å². The second kappa shape index (κ2) is 15.4. The van der Waals surface area contributed by atoms with Gasteiger partial charge in [0.1, 0.15) is 25.0 Å². The van der Waals surface area contributed by atoms with Gasteiger partial charge in [-0.25, -0.2) is 0 Å². The van der Waals surface area contributed by atoms with Gasteiger partial charge in [0.15, 0.2) is 5.75 Å². The summed E-state index contributed by atoms with van der Waals surface area (Å²) < 4.78 is 11.6. The standard InChI is InChI=1S/C34H37Cl3N4O5/c1-21-15-29(36)33(30(37)16-21)46-14-13-45-27-8-6-26(7-9-27)41-31(18-38-19-32(41)43)34(44)40(25-4-5-25)20-24-17-23(3-10-28(24)35)11-12-39-22(2)42/h3,6-10,15-17,25,31,38H,4-5,11-14,18-20H2,1-2H3,(H,39,42)/t31-/m1/s1. The summed E-state index contributed by atoms with van der Waals surface area (Å²) in [5, 5.41) is 7.37. The maximum Gasteiger partial charge on any atom is 0.247 e. The number of nitrogens with zero attached hydrogens (tertiary/aromatic N) is 2. The van der Waals surface area contributed by atoms with E-state index in [-0.39, 0.29) is 43.5 Å². The Bertz CT molecular complexity index is 1560. The summed E-state index contributed by atoms with van der Waals surface area (Å²) in [5.41, 5.74) is 3.41. The van der Waals surface area contributed by atoms with E-state index in [1.807, 2.05) is 30.0 Å². The lowest BCUT2D eigenvalue weighted by Crippen LogP contribution is -2.61. The first kappa shape index (κ1) is 33.9. The number of ether oxygens (including phenoxy) is 2. The molecule has 0 bridgehead atoms. The highest BCUT2D eigenvalue weighted by molar-refractivity contribution is 6.37. The number of benzene rings is 3. The third kappa shape index (κ3) is 8.64. The summed E-state index contributed by atoms with van der Waals surface area (Å²) in [6, 6.07) is 15.8. The predicted molar refractivity (Wildman–Crippen MR) is 180 cm³/mol. The quantitative estimate of drug-likeness (QED) is 0.228. The molecule has 244 valence electrons. The smallest absolute Gasteiger partial charge is 0.247 e. The summed E-state index contributed by atoms with van der Waals surface area (Å²) >= 11 is 19.1. The number of hydrogen-bond acceptors (Lipinski definition) is 6. The monoisotopic (exact) mass is 686 g/mol. The lowest BCUT2D eigenvalue weighted by molar-refractivity contribution is -0.136. The highest BCUT2D eigenvalue weighted by atomic mass is 35.5. The van der Waals surface area contributed by atoms with Crippen molar-refractivity contribution in [3.63, 3.8) is 0 Å². The number of anilines is 1. The highest BCUT2D eigenvalue weighted by Gasteiger charge is 2.41. The molecule has 3 aromatic rings. The van der Waals surface area contributed by atoms with Crippen molar-refractivity contribution in [2.45, 2.75) is 51.7 Å². The largest absolute Gasteiger partial charge is 0.490 e. The van der Waals surface area contributed by atoms with Gasteiger partial charge in [-0.05, 0) is 85.3 Å². The van der Waals surface area contributed by atoms with Crippen molar-refractivity contribution in [3.8, 4) is 11.5 Å². The zero-order valence-electron chi connectivity index (χ0n) is 25.8. The highest BCUT2D eigenvalue weighted by Crippen LogP contribution is 2.35. The minimum atomic E-state index is -0.715. The van der Waals surface area contributed by atoms with Gasteiger partial charge in [-0.2, -0.15) is 0 Å². The Hall–Kier alpha value is -3.50. The van der Waals surface area contributed by atoms with Gasteiger partial charge in [0.25, 0.3) is 0 Å². The minimum Gasteiger partial charge on any atom is -0.490 e. The fourth-order valence-corrected chi connectivity index (χ4v) is 6.34. The number of halogens is 3. The second-order valence-electron chi connectivity index (χ2n) is 11.5. The maximum absolute atomic E-state index is 14.1.